The minimum Gasteiger partial charge on any atom is -0.507 e. The van der Waals surface area contributed by atoms with Gasteiger partial charge in [0.25, 0.3) is 0 Å². The summed E-state index contributed by atoms with van der Waals surface area (Å²) in [6, 6.07) is 35.6. The van der Waals surface area contributed by atoms with Crippen LogP contribution in [0.4, 0.5) is 0 Å². The van der Waals surface area contributed by atoms with Crippen molar-refractivity contribution in [2.75, 3.05) is 0 Å². The molecule has 0 atom stereocenters. The van der Waals surface area contributed by atoms with Gasteiger partial charge in [0.05, 0.1) is 0 Å². The van der Waals surface area contributed by atoms with Crippen molar-refractivity contribution in [1.82, 2.24) is 0 Å². The fourth-order valence-electron chi connectivity index (χ4n) is 24.2. The molecular weight excluding hydrogens is 1380 g/mol. The normalized spacial score (nSPS) is 22.1. The Hall–Kier alpha value is -7.84. The summed E-state index contributed by atoms with van der Waals surface area (Å²) in [5.41, 5.74) is 20.1. The van der Waals surface area contributed by atoms with Crippen molar-refractivity contribution < 1.29 is 40.9 Å². The molecule has 0 aliphatic heterocycles. The SMILES string of the molecule is CC1(c2cc3c(O)c(c2)Cc2cc(C4(C)CCCC4)cc(c2O)Cc2cc(C4(C)CCCC4)cc(c2O)Cc2cc(C4(C)CCCC4)cc(c2O)Cc2cc(C4(C)CCCC4)cc(c2O)Cc2cc(C4(C)CCCC4)cc(c2O)Cc2cc(C4(C)CCCC4)cc(c2O)Cc2cc(C4(C)CCCC4)cc(c2O)C3)CCCC1. The van der Waals surface area contributed by atoms with Crippen LogP contribution in [0.15, 0.2) is 97.1 Å². The number of phenols is 8. The summed E-state index contributed by atoms with van der Waals surface area (Å²) in [5, 5.41) is 107. The van der Waals surface area contributed by atoms with E-state index in [1.807, 2.05) is 0 Å². The van der Waals surface area contributed by atoms with E-state index in [4.69, 9.17) is 0 Å². The summed E-state index contributed by atoms with van der Waals surface area (Å²) >= 11 is 0. The molecule has 8 heteroatoms. The maximum Gasteiger partial charge on any atom is 0.122 e. The first kappa shape index (κ1) is 76.8. The van der Waals surface area contributed by atoms with Crippen LogP contribution >= 0.6 is 0 Å². The number of benzene rings is 8. The Bertz CT molecular complexity index is 3840. The third-order valence-corrected chi connectivity index (χ3v) is 32.4. The fourth-order valence-corrected chi connectivity index (χ4v) is 24.2. The van der Waals surface area contributed by atoms with E-state index in [9.17, 15) is 40.9 Å². The second kappa shape index (κ2) is 29.2. The Labute approximate surface area is 669 Å². The van der Waals surface area contributed by atoms with Gasteiger partial charge < -0.3 is 40.9 Å². The van der Waals surface area contributed by atoms with Gasteiger partial charge in [-0.25, -0.2) is 0 Å². The first-order valence-corrected chi connectivity index (χ1v) is 44.3. The maximum atomic E-state index is 13.3. The van der Waals surface area contributed by atoms with Crippen molar-refractivity contribution in [2.24, 2.45) is 0 Å². The highest BCUT2D eigenvalue weighted by Crippen LogP contribution is 2.55. The molecule has 9 aliphatic carbocycles. The van der Waals surface area contributed by atoms with E-state index in [1.54, 1.807) is 0 Å². The molecule has 9 aliphatic rings. The van der Waals surface area contributed by atoms with Crippen LogP contribution in [0.25, 0.3) is 0 Å². The molecule has 16 bridgehead atoms. The number of phenolic OH excluding ortho intramolecular Hbond substituents is 8. The zero-order chi connectivity index (χ0) is 78.1. The Morgan fingerprint density at radius 2 is 0.214 bits per heavy atom. The second-order valence-corrected chi connectivity index (χ2v) is 40.7. The molecule has 0 aromatic heterocycles. The average molecular weight is 1510 g/mol. The van der Waals surface area contributed by atoms with Crippen LogP contribution in [0.3, 0.4) is 0 Å². The van der Waals surface area contributed by atoms with Gasteiger partial charge in [-0.3, -0.25) is 0 Å². The van der Waals surface area contributed by atoms with Crippen molar-refractivity contribution in [3.8, 4) is 46.0 Å². The Morgan fingerprint density at radius 3 is 0.286 bits per heavy atom. The lowest BCUT2D eigenvalue weighted by Crippen LogP contribution is -2.19. The van der Waals surface area contributed by atoms with E-state index in [1.165, 1.54) is 44.5 Å². The van der Waals surface area contributed by atoms with Gasteiger partial charge in [0.2, 0.25) is 0 Å². The Kier molecular flexibility index (Phi) is 20.0. The van der Waals surface area contributed by atoms with Gasteiger partial charge in [-0.15, -0.1) is 0 Å². The topological polar surface area (TPSA) is 162 Å². The molecule has 8 aromatic rings. The number of hydrogen-bond donors (Lipinski definition) is 8. The minimum absolute atomic E-state index is 0.147. The first-order valence-electron chi connectivity index (χ1n) is 44.3. The van der Waals surface area contributed by atoms with E-state index in [2.05, 4.69) is 152 Å². The molecular formula is C104H128O8. The van der Waals surface area contributed by atoms with Crippen molar-refractivity contribution in [3.05, 3.63) is 231 Å². The van der Waals surface area contributed by atoms with E-state index < -0.39 is 0 Å². The molecule has 8 fully saturated rings. The molecule has 17 rings (SSSR count). The predicted octanol–water partition coefficient (Wildman–Crippen LogP) is 25.0. The summed E-state index contributed by atoms with van der Waals surface area (Å²) in [4.78, 5) is 0. The number of hydrogen-bond acceptors (Lipinski definition) is 8. The van der Waals surface area contributed by atoms with E-state index in [0.29, 0.717) is 0 Å². The monoisotopic (exact) mass is 1500 g/mol. The number of aromatic hydroxyl groups is 8. The zero-order valence-electron chi connectivity index (χ0n) is 69.1. The molecule has 0 saturated heterocycles. The van der Waals surface area contributed by atoms with E-state index >= 15 is 0 Å². The van der Waals surface area contributed by atoms with Crippen molar-refractivity contribution >= 4 is 0 Å². The first-order chi connectivity index (χ1) is 53.5. The molecule has 0 radical (unpaired) electrons. The highest BCUT2D eigenvalue weighted by Gasteiger charge is 2.42. The third-order valence-electron chi connectivity index (χ3n) is 32.4. The highest BCUT2D eigenvalue weighted by atomic mass is 16.3. The van der Waals surface area contributed by atoms with Crippen LogP contribution < -0.4 is 0 Å². The second-order valence-electron chi connectivity index (χ2n) is 40.7. The quantitative estimate of drug-likeness (QED) is 0.0746. The summed E-state index contributed by atoms with van der Waals surface area (Å²) in [6.07, 6.45) is 36.3. The number of rotatable bonds is 8. The van der Waals surface area contributed by atoms with Crippen molar-refractivity contribution in [2.45, 2.75) is 356 Å². The van der Waals surface area contributed by atoms with Crippen molar-refractivity contribution in [1.29, 1.82) is 0 Å². The van der Waals surface area contributed by atoms with Crippen LogP contribution in [0.2, 0.25) is 0 Å². The Balaban J connectivity index is 0.892. The van der Waals surface area contributed by atoms with Gasteiger partial charge >= 0.3 is 0 Å². The largest absolute Gasteiger partial charge is 0.507 e. The smallest absolute Gasteiger partial charge is 0.122 e. The molecule has 0 heterocycles. The summed E-state index contributed by atoms with van der Waals surface area (Å²) in [6.45, 7) is 19.0. The lowest BCUT2D eigenvalue weighted by atomic mass is 9.76. The van der Waals surface area contributed by atoms with Crippen LogP contribution in [0.1, 0.15) is 394 Å². The van der Waals surface area contributed by atoms with Crippen LogP contribution in [0.5, 0.6) is 46.0 Å². The van der Waals surface area contributed by atoms with Crippen LogP contribution in [0, 0.1) is 0 Å². The van der Waals surface area contributed by atoms with E-state index in [-0.39, 0.29) is 141 Å². The van der Waals surface area contributed by atoms with Gasteiger partial charge in [0.1, 0.15) is 46.0 Å². The third kappa shape index (κ3) is 14.1. The molecule has 8 nitrogen and oxygen atoms in total. The standard InChI is InChI=1S/C104H128O8/c1-97(25-9-10-26-97)81-49-65-41-67-51-82(98(2)27-11-12-28-98)53-69(90(67)106)43-71-55-84(100(4)31-15-16-32-100)57-73(92(71)108)45-75-59-86(102(6)35-19-20-36-102)61-77(94(75)110)47-79-63-88(104(8)39-23-24-40-104)64-80(96(79)112)48-78-62-87(103(7)37-21-22-38-103)60-76(95(78)111)46-74-58-85(101(5)33-17-18-34-101)56-72(93(74)109)44-70-54-83(99(3)29-13-14-30-99)52-68(91(70)107)42-66(50-81)89(65)105/h49-64,105-112H,9-48H2,1-8H3. The molecule has 0 unspecified atom stereocenters. The lowest BCUT2D eigenvalue weighted by molar-refractivity contribution is 0.446. The predicted molar refractivity (Wildman–Crippen MR) is 454 cm³/mol. The molecule has 112 heavy (non-hydrogen) atoms. The summed E-state index contributed by atoms with van der Waals surface area (Å²) in [7, 11) is 0. The van der Waals surface area contributed by atoms with Gasteiger partial charge in [-0.1, -0.05) is 255 Å². The minimum atomic E-state index is -0.147. The molecule has 0 amide bonds. The lowest BCUT2D eigenvalue weighted by Gasteiger charge is -2.29. The van der Waals surface area contributed by atoms with Gasteiger partial charge in [-0.2, -0.15) is 0 Å². The average Bonchev–Trinajstić information content (AvgIpc) is 1.17. The van der Waals surface area contributed by atoms with Crippen LogP contribution in [-0.2, 0) is 94.7 Å². The number of fused-ring (bicyclic) bond motifs is 16. The summed E-state index contributed by atoms with van der Waals surface area (Å²) in [5.74, 6) is 1.41. The molecule has 592 valence electrons. The van der Waals surface area contributed by atoms with Gasteiger partial charge in [0, 0.05) is 51.4 Å². The maximum absolute atomic E-state index is 13.3. The van der Waals surface area contributed by atoms with Crippen LogP contribution in [-0.4, -0.2) is 40.9 Å². The zero-order valence-corrected chi connectivity index (χ0v) is 69.1. The molecule has 0 spiro atoms. The molecule has 8 saturated carbocycles. The van der Waals surface area contributed by atoms with Gasteiger partial charge in [0.15, 0.2) is 0 Å². The van der Waals surface area contributed by atoms with Crippen molar-refractivity contribution in [3.63, 3.8) is 0 Å². The molecule has 8 aromatic carbocycles. The summed E-state index contributed by atoms with van der Waals surface area (Å²) < 4.78 is 0. The van der Waals surface area contributed by atoms with Gasteiger partial charge in [-0.05, 0) is 280 Å². The highest BCUT2D eigenvalue weighted by molar-refractivity contribution is 5.63. The fraction of sp³-hybridized carbons (Fsp3) is 0.538. The molecule has 8 N–H and O–H groups in total. The Morgan fingerprint density at radius 1 is 0.143 bits per heavy atom. The van der Waals surface area contributed by atoms with E-state index in [0.717, 1.165) is 294 Å².